The number of alkyl halides is 3. The average Bonchev–Trinajstić information content (AvgIpc) is 3.31. The molecule has 1 atom stereocenters. The Kier molecular flexibility index (Phi) is 9.70. The molecule has 1 unspecified atom stereocenters. The molecule has 1 aliphatic rings. The monoisotopic (exact) mass is 717 g/mol. The Labute approximate surface area is 287 Å². The number of fused-ring (bicyclic) bond motifs is 1. The Morgan fingerprint density at radius 1 is 0.920 bits per heavy atom. The molecule has 0 radical (unpaired) electrons. The number of methoxy groups -OCH3 is 1. The molecule has 0 saturated carbocycles. The van der Waals surface area contributed by atoms with Crippen molar-refractivity contribution in [3.8, 4) is 11.5 Å². The molecule has 15 heteroatoms. The van der Waals surface area contributed by atoms with Crippen LogP contribution in [0.15, 0.2) is 66.7 Å². The standard InChI is InChI=1S/C35H29ClF5N3O6/c1-34(2,3)50-33(48)43-26-15-25(42-31(46)18-11-19(35(39,40)41)13-21(38)12-18)27-28(30(26)45)32(47)44(16-17-5-8-22(49-4)9-6-17)29(27)23-14-20(37)7-10-24(23)36/h5-15,29,45H,16H2,1-4H3,(H,42,46)(H,43,48). The number of nitrogens with one attached hydrogen (secondary N) is 2. The Morgan fingerprint density at radius 2 is 1.60 bits per heavy atom. The topological polar surface area (TPSA) is 117 Å². The number of ether oxygens (including phenoxy) is 2. The van der Waals surface area contributed by atoms with Crippen molar-refractivity contribution in [3.63, 3.8) is 0 Å². The number of hydrogen-bond donors (Lipinski definition) is 3. The fourth-order valence-corrected chi connectivity index (χ4v) is 5.65. The van der Waals surface area contributed by atoms with Crippen LogP contribution in [0.5, 0.6) is 11.5 Å². The molecule has 0 bridgehead atoms. The molecule has 5 rings (SSSR count). The summed E-state index contributed by atoms with van der Waals surface area (Å²) in [6.07, 6.45) is -6.05. The molecule has 0 aromatic heterocycles. The molecule has 262 valence electrons. The number of anilines is 2. The zero-order chi connectivity index (χ0) is 36.7. The van der Waals surface area contributed by atoms with E-state index in [9.17, 15) is 41.4 Å². The summed E-state index contributed by atoms with van der Waals surface area (Å²) >= 11 is 6.54. The second-order valence-corrected chi connectivity index (χ2v) is 12.7. The van der Waals surface area contributed by atoms with Crippen LogP contribution in [-0.2, 0) is 17.5 Å². The quantitative estimate of drug-likeness (QED) is 0.100. The maximum atomic E-state index is 14.8. The molecule has 4 aromatic carbocycles. The van der Waals surface area contributed by atoms with Crippen LogP contribution in [0.4, 0.5) is 38.1 Å². The summed E-state index contributed by atoms with van der Waals surface area (Å²) in [5, 5.41) is 16.2. The van der Waals surface area contributed by atoms with Crippen LogP contribution in [0.25, 0.3) is 0 Å². The van der Waals surface area contributed by atoms with E-state index in [0.717, 1.165) is 18.2 Å². The van der Waals surface area contributed by atoms with Crippen molar-refractivity contribution >= 4 is 40.9 Å². The number of benzene rings is 4. The van der Waals surface area contributed by atoms with Crippen molar-refractivity contribution in [1.82, 2.24) is 4.90 Å². The lowest BCUT2D eigenvalue weighted by atomic mass is 9.94. The fourth-order valence-electron chi connectivity index (χ4n) is 5.43. The molecule has 0 spiro atoms. The average molecular weight is 718 g/mol. The summed E-state index contributed by atoms with van der Waals surface area (Å²) in [5.74, 6) is -4.41. The minimum atomic E-state index is -4.99. The Hall–Kier alpha value is -5.37. The summed E-state index contributed by atoms with van der Waals surface area (Å²) in [4.78, 5) is 41.8. The minimum absolute atomic E-state index is 0.00977. The smallest absolute Gasteiger partial charge is 0.416 e. The van der Waals surface area contributed by atoms with Crippen LogP contribution in [-0.4, -0.2) is 40.6 Å². The van der Waals surface area contributed by atoms with Crippen LogP contribution < -0.4 is 15.4 Å². The SMILES string of the molecule is COc1ccc(CN2C(=O)c3c(O)c(NC(=O)OC(C)(C)C)cc(NC(=O)c4cc(F)cc(C(F)(F)F)c4)c3C2c2cc(F)ccc2Cl)cc1. The van der Waals surface area contributed by atoms with Crippen molar-refractivity contribution in [2.75, 3.05) is 17.7 Å². The highest BCUT2D eigenvalue weighted by Crippen LogP contribution is 2.51. The molecule has 0 fully saturated rings. The van der Waals surface area contributed by atoms with E-state index in [1.807, 2.05) is 0 Å². The number of phenols is 1. The lowest BCUT2D eigenvalue weighted by molar-refractivity contribution is -0.137. The highest BCUT2D eigenvalue weighted by molar-refractivity contribution is 6.31. The first-order valence-electron chi connectivity index (χ1n) is 14.8. The van der Waals surface area contributed by atoms with Gasteiger partial charge in [-0.05, 0) is 80.9 Å². The van der Waals surface area contributed by atoms with Gasteiger partial charge in [-0.3, -0.25) is 14.9 Å². The molecule has 4 aromatic rings. The number of rotatable bonds is 7. The van der Waals surface area contributed by atoms with Crippen LogP contribution in [0.1, 0.15) is 69.8 Å². The van der Waals surface area contributed by atoms with Crippen LogP contribution in [0.2, 0.25) is 5.02 Å². The maximum absolute atomic E-state index is 14.8. The summed E-state index contributed by atoms with van der Waals surface area (Å²) in [6.45, 7) is 4.56. The predicted molar refractivity (Wildman–Crippen MR) is 173 cm³/mol. The van der Waals surface area contributed by atoms with Gasteiger partial charge in [0.1, 0.15) is 23.0 Å². The lowest BCUT2D eigenvalue weighted by Crippen LogP contribution is -2.28. The number of amides is 3. The molecule has 9 nitrogen and oxygen atoms in total. The van der Waals surface area contributed by atoms with Gasteiger partial charge in [-0.1, -0.05) is 23.7 Å². The molecule has 50 heavy (non-hydrogen) atoms. The number of phenolic OH excluding ortho intramolecular Hbond substituents is 1. The predicted octanol–water partition coefficient (Wildman–Crippen LogP) is 8.70. The number of halogens is 6. The zero-order valence-electron chi connectivity index (χ0n) is 26.8. The van der Waals surface area contributed by atoms with Crippen molar-refractivity contribution in [2.45, 2.75) is 45.1 Å². The first kappa shape index (κ1) is 35.9. The molecule has 1 aliphatic heterocycles. The summed E-state index contributed by atoms with van der Waals surface area (Å²) in [6, 6.07) is 10.9. The van der Waals surface area contributed by atoms with E-state index in [1.165, 1.54) is 18.1 Å². The number of nitrogens with zero attached hydrogens (tertiary/aromatic N) is 1. The highest BCUT2D eigenvalue weighted by Gasteiger charge is 2.44. The van der Waals surface area contributed by atoms with E-state index in [0.29, 0.717) is 23.4 Å². The maximum Gasteiger partial charge on any atom is 0.416 e. The van der Waals surface area contributed by atoms with Gasteiger partial charge in [0, 0.05) is 33.9 Å². The van der Waals surface area contributed by atoms with Gasteiger partial charge in [0.25, 0.3) is 11.8 Å². The van der Waals surface area contributed by atoms with Gasteiger partial charge in [-0.15, -0.1) is 0 Å². The van der Waals surface area contributed by atoms with Crippen molar-refractivity contribution in [1.29, 1.82) is 0 Å². The van der Waals surface area contributed by atoms with E-state index in [-0.39, 0.29) is 34.4 Å². The first-order chi connectivity index (χ1) is 23.4. The van der Waals surface area contributed by atoms with Crippen molar-refractivity contribution in [3.05, 3.63) is 117 Å². The third kappa shape index (κ3) is 7.59. The molecular weight excluding hydrogens is 689 g/mol. The summed E-state index contributed by atoms with van der Waals surface area (Å²) in [5.41, 5.74) is -3.88. The summed E-state index contributed by atoms with van der Waals surface area (Å²) < 4.78 is 80.0. The van der Waals surface area contributed by atoms with Crippen LogP contribution >= 0.6 is 11.6 Å². The van der Waals surface area contributed by atoms with Crippen LogP contribution in [0, 0.1) is 11.6 Å². The zero-order valence-corrected chi connectivity index (χ0v) is 27.6. The Balaban J connectivity index is 1.72. The normalized spacial score (nSPS) is 14.3. The second kappa shape index (κ2) is 13.5. The summed E-state index contributed by atoms with van der Waals surface area (Å²) in [7, 11) is 1.47. The third-order valence-corrected chi connectivity index (χ3v) is 7.88. The number of hydrogen-bond acceptors (Lipinski definition) is 6. The van der Waals surface area contributed by atoms with E-state index < -0.39 is 75.5 Å². The van der Waals surface area contributed by atoms with Gasteiger partial charge in [-0.2, -0.15) is 13.2 Å². The van der Waals surface area contributed by atoms with E-state index >= 15 is 0 Å². The number of aromatic hydroxyl groups is 1. The first-order valence-corrected chi connectivity index (χ1v) is 15.2. The lowest BCUT2D eigenvalue weighted by Gasteiger charge is -2.28. The van der Waals surface area contributed by atoms with Gasteiger partial charge in [0.05, 0.1) is 30.0 Å². The van der Waals surface area contributed by atoms with E-state index in [2.05, 4.69) is 10.6 Å². The fraction of sp³-hybridized carbons (Fsp3) is 0.229. The largest absolute Gasteiger partial charge is 0.505 e. The van der Waals surface area contributed by atoms with Crippen LogP contribution in [0.3, 0.4) is 0 Å². The third-order valence-electron chi connectivity index (χ3n) is 7.54. The second-order valence-electron chi connectivity index (χ2n) is 12.3. The van der Waals surface area contributed by atoms with Crippen molar-refractivity contribution in [2.24, 2.45) is 0 Å². The van der Waals surface area contributed by atoms with Crippen molar-refractivity contribution < 1.29 is 50.9 Å². The Bertz CT molecular complexity index is 2000. The highest BCUT2D eigenvalue weighted by atomic mass is 35.5. The number of carbonyl (C=O) groups is 3. The molecule has 0 saturated heterocycles. The molecular formula is C35H29ClF5N3O6. The molecule has 3 amide bonds. The minimum Gasteiger partial charge on any atom is -0.505 e. The molecule has 1 heterocycles. The van der Waals surface area contributed by atoms with E-state index in [4.69, 9.17) is 21.1 Å². The van der Waals surface area contributed by atoms with Gasteiger partial charge in [0.15, 0.2) is 5.75 Å². The molecule has 0 aliphatic carbocycles. The Morgan fingerprint density at radius 3 is 2.22 bits per heavy atom. The molecule has 3 N–H and O–H groups in total. The van der Waals surface area contributed by atoms with Gasteiger partial charge in [-0.25, -0.2) is 13.6 Å². The van der Waals surface area contributed by atoms with Gasteiger partial charge >= 0.3 is 12.3 Å². The number of carbonyl (C=O) groups excluding carboxylic acids is 3. The van der Waals surface area contributed by atoms with Gasteiger partial charge < -0.3 is 24.8 Å². The van der Waals surface area contributed by atoms with E-state index in [1.54, 1.807) is 45.0 Å². The van der Waals surface area contributed by atoms with Gasteiger partial charge in [0.2, 0.25) is 0 Å².